The second kappa shape index (κ2) is 4.92. The van der Waals surface area contributed by atoms with Gasteiger partial charge in [0, 0.05) is 0 Å². The number of rotatable bonds is 5. The maximum Gasteiger partial charge on any atom is 0.278 e. The summed E-state index contributed by atoms with van der Waals surface area (Å²) in [5.41, 5.74) is 0. The molecule has 0 saturated heterocycles. The van der Waals surface area contributed by atoms with Crippen molar-refractivity contribution in [2.24, 2.45) is 5.16 Å². The Morgan fingerprint density at radius 3 is 1.92 bits per heavy atom. The predicted octanol–water partition coefficient (Wildman–Crippen LogP) is 2.68. The second-order valence-corrected chi connectivity index (χ2v) is 13.8. The minimum atomic E-state index is -1.50. The smallest absolute Gasteiger partial charge is 0.278 e. The molecule has 0 fully saturated rings. The van der Waals surface area contributed by atoms with E-state index in [2.05, 4.69) is 44.4 Å². The van der Waals surface area contributed by atoms with Gasteiger partial charge in [-0.15, -0.1) is 5.16 Å². The van der Waals surface area contributed by atoms with Crippen molar-refractivity contribution in [1.29, 1.82) is 0 Å². The first-order valence-electron chi connectivity index (χ1n) is 4.55. The van der Waals surface area contributed by atoms with Crippen LogP contribution in [-0.4, -0.2) is 29.5 Å². The summed E-state index contributed by atoms with van der Waals surface area (Å²) < 4.78 is 10.9. The Morgan fingerprint density at radius 1 is 1.00 bits per heavy atom. The van der Waals surface area contributed by atoms with Crippen LogP contribution in [0.4, 0.5) is 0 Å². The molecule has 0 rings (SSSR count). The maximum atomic E-state index is 5.57. The molecule has 0 bridgehead atoms. The van der Waals surface area contributed by atoms with Crippen LogP contribution in [0, 0.1) is 0 Å². The van der Waals surface area contributed by atoms with Crippen LogP contribution in [0.3, 0.4) is 0 Å². The third kappa shape index (κ3) is 11.9. The standard InChI is InChI=1S/C8H21NO2Si2/c1-12(2,3)10-8-7-9-11-13(4,5)6/h7H,8H2,1-6H3/b9-7-. The van der Waals surface area contributed by atoms with Gasteiger partial charge in [-0.2, -0.15) is 0 Å². The molecule has 0 amide bonds. The van der Waals surface area contributed by atoms with E-state index in [1.807, 2.05) is 0 Å². The first kappa shape index (κ1) is 12.9. The van der Waals surface area contributed by atoms with Crippen molar-refractivity contribution in [1.82, 2.24) is 0 Å². The SMILES string of the molecule is C[Si](C)(C)OC/C=N\O[Si](C)(C)C. The Kier molecular flexibility index (Phi) is 4.87. The molecule has 0 radical (unpaired) electrons. The molecule has 0 spiro atoms. The molecule has 5 heteroatoms. The summed E-state index contributed by atoms with van der Waals surface area (Å²) in [4.78, 5) is 0. The van der Waals surface area contributed by atoms with Crippen molar-refractivity contribution in [3.8, 4) is 0 Å². The fraction of sp³-hybridized carbons (Fsp3) is 0.875. The monoisotopic (exact) mass is 219 g/mol. The lowest BCUT2D eigenvalue weighted by Crippen LogP contribution is -2.26. The number of nitrogens with zero attached hydrogens (tertiary/aromatic N) is 1. The van der Waals surface area contributed by atoms with Gasteiger partial charge in [0.2, 0.25) is 0 Å². The van der Waals surface area contributed by atoms with Crippen LogP contribution in [-0.2, 0) is 8.95 Å². The first-order chi connectivity index (χ1) is 5.71. The summed E-state index contributed by atoms with van der Waals surface area (Å²) in [6, 6.07) is 0. The van der Waals surface area contributed by atoms with Crippen molar-refractivity contribution < 1.29 is 8.95 Å². The van der Waals surface area contributed by atoms with Gasteiger partial charge in [0.15, 0.2) is 8.32 Å². The van der Waals surface area contributed by atoms with E-state index >= 15 is 0 Å². The van der Waals surface area contributed by atoms with Crippen LogP contribution in [0.2, 0.25) is 39.3 Å². The summed E-state index contributed by atoms with van der Waals surface area (Å²) in [5, 5.41) is 3.88. The predicted molar refractivity (Wildman–Crippen MR) is 62.2 cm³/mol. The molecule has 0 aromatic heterocycles. The van der Waals surface area contributed by atoms with Crippen LogP contribution < -0.4 is 0 Å². The minimum absolute atomic E-state index is 0.570. The van der Waals surface area contributed by atoms with Gasteiger partial charge in [-0.1, -0.05) is 0 Å². The average molecular weight is 219 g/mol. The lowest BCUT2D eigenvalue weighted by molar-refractivity contribution is 0.325. The maximum absolute atomic E-state index is 5.57. The fourth-order valence-electron chi connectivity index (χ4n) is 0.513. The highest BCUT2D eigenvalue weighted by molar-refractivity contribution is 6.70. The molecular formula is C8H21NO2Si2. The van der Waals surface area contributed by atoms with Crippen LogP contribution in [0.1, 0.15) is 0 Å². The third-order valence-electron chi connectivity index (χ3n) is 0.992. The highest BCUT2D eigenvalue weighted by Gasteiger charge is 2.15. The van der Waals surface area contributed by atoms with Crippen molar-refractivity contribution in [2.75, 3.05) is 6.61 Å². The van der Waals surface area contributed by atoms with Gasteiger partial charge in [0.25, 0.3) is 8.32 Å². The summed E-state index contributed by atoms with van der Waals surface area (Å²) in [7, 11) is -2.88. The van der Waals surface area contributed by atoms with Gasteiger partial charge in [-0.05, 0) is 39.3 Å². The molecule has 0 aromatic rings. The van der Waals surface area contributed by atoms with Crippen LogP contribution in [0.25, 0.3) is 0 Å². The molecule has 0 N–H and O–H groups in total. The Morgan fingerprint density at radius 2 is 1.54 bits per heavy atom. The average Bonchev–Trinajstić information content (AvgIpc) is 1.81. The van der Waals surface area contributed by atoms with Crippen molar-refractivity contribution >= 4 is 22.8 Å². The lowest BCUT2D eigenvalue weighted by atomic mass is 10.8. The summed E-state index contributed by atoms with van der Waals surface area (Å²) in [5.74, 6) is 0. The van der Waals surface area contributed by atoms with E-state index in [-0.39, 0.29) is 0 Å². The van der Waals surface area contributed by atoms with Gasteiger partial charge < -0.3 is 8.95 Å². The van der Waals surface area contributed by atoms with Gasteiger partial charge in [-0.3, -0.25) is 0 Å². The van der Waals surface area contributed by atoms with Gasteiger partial charge in [0.05, 0.1) is 12.8 Å². The Labute approximate surface area is 83.4 Å². The van der Waals surface area contributed by atoms with Crippen molar-refractivity contribution in [3.05, 3.63) is 0 Å². The summed E-state index contributed by atoms with van der Waals surface area (Å²) in [6.45, 7) is 13.3. The minimum Gasteiger partial charge on any atom is -0.456 e. The van der Waals surface area contributed by atoms with E-state index in [9.17, 15) is 0 Å². The van der Waals surface area contributed by atoms with Crippen LogP contribution >= 0.6 is 0 Å². The van der Waals surface area contributed by atoms with Crippen LogP contribution in [0.15, 0.2) is 5.16 Å². The third-order valence-corrected chi connectivity index (χ3v) is 2.68. The van der Waals surface area contributed by atoms with Crippen molar-refractivity contribution in [3.63, 3.8) is 0 Å². The molecule has 3 nitrogen and oxygen atoms in total. The van der Waals surface area contributed by atoms with E-state index in [1.165, 1.54) is 0 Å². The quantitative estimate of drug-likeness (QED) is 0.404. The van der Waals surface area contributed by atoms with E-state index in [4.69, 9.17) is 8.95 Å². The zero-order valence-corrected chi connectivity index (χ0v) is 11.5. The summed E-state index contributed by atoms with van der Waals surface area (Å²) in [6.07, 6.45) is 1.70. The molecule has 13 heavy (non-hydrogen) atoms. The molecule has 0 unspecified atom stereocenters. The van der Waals surface area contributed by atoms with E-state index in [0.717, 1.165) is 0 Å². The highest BCUT2D eigenvalue weighted by atomic mass is 28.4. The second-order valence-electron chi connectivity index (χ2n) is 4.92. The molecule has 0 aliphatic heterocycles. The Bertz CT molecular complexity index is 170. The molecule has 0 saturated carbocycles. The number of hydrogen-bond donors (Lipinski definition) is 0. The zero-order chi connectivity index (χ0) is 10.5. The van der Waals surface area contributed by atoms with Crippen LogP contribution in [0.5, 0.6) is 0 Å². The fourth-order valence-corrected chi connectivity index (χ4v) is 1.48. The molecule has 0 heterocycles. The van der Waals surface area contributed by atoms with Gasteiger partial charge in [-0.25, -0.2) is 0 Å². The lowest BCUT2D eigenvalue weighted by Gasteiger charge is -2.15. The Hall–Kier alpha value is -0.136. The number of hydrogen-bond acceptors (Lipinski definition) is 3. The molecule has 0 aliphatic carbocycles. The molecule has 78 valence electrons. The molecule has 0 atom stereocenters. The molecule has 0 aromatic carbocycles. The first-order valence-corrected chi connectivity index (χ1v) is 11.4. The summed E-state index contributed by atoms with van der Waals surface area (Å²) >= 11 is 0. The van der Waals surface area contributed by atoms with Gasteiger partial charge in [0.1, 0.15) is 0 Å². The molecule has 0 aliphatic rings. The number of oxime groups is 1. The zero-order valence-electron chi connectivity index (χ0n) is 9.55. The Balaban J connectivity index is 3.55. The van der Waals surface area contributed by atoms with Gasteiger partial charge >= 0.3 is 0 Å². The van der Waals surface area contributed by atoms with E-state index in [0.29, 0.717) is 6.61 Å². The largest absolute Gasteiger partial charge is 0.456 e. The molecular weight excluding hydrogens is 198 g/mol. The normalized spacial score (nSPS) is 13.7. The highest BCUT2D eigenvalue weighted by Crippen LogP contribution is 2.03. The van der Waals surface area contributed by atoms with E-state index in [1.54, 1.807) is 6.21 Å². The van der Waals surface area contributed by atoms with Crippen molar-refractivity contribution in [2.45, 2.75) is 39.3 Å². The van der Waals surface area contributed by atoms with E-state index < -0.39 is 16.6 Å². The topological polar surface area (TPSA) is 30.8 Å².